The molecule has 0 saturated heterocycles. The van der Waals surface area contributed by atoms with Crippen molar-refractivity contribution in [2.45, 2.75) is 6.42 Å². The van der Waals surface area contributed by atoms with Crippen molar-refractivity contribution in [1.82, 2.24) is 4.98 Å². The van der Waals surface area contributed by atoms with Crippen LogP contribution in [0.4, 0.5) is 0 Å². The third-order valence-electron chi connectivity index (χ3n) is 3.42. The summed E-state index contributed by atoms with van der Waals surface area (Å²) in [5.41, 5.74) is 4.27. The van der Waals surface area contributed by atoms with Crippen LogP contribution in [-0.2, 0) is 6.42 Å². The minimum atomic E-state index is 0.602. The van der Waals surface area contributed by atoms with Crippen molar-refractivity contribution < 1.29 is 4.74 Å². The molecule has 0 aliphatic rings. The van der Waals surface area contributed by atoms with Gasteiger partial charge in [0.05, 0.1) is 7.11 Å². The van der Waals surface area contributed by atoms with Crippen LogP contribution in [0.15, 0.2) is 60.8 Å². The molecule has 0 N–H and O–H groups in total. The number of methoxy groups -OCH3 is 1. The van der Waals surface area contributed by atoms with Crippen molar-refractivity contribution in [3.05, 3.63) is 83.0 Å². The molecule has 1 aromatic heterocycles. The third-order valence-corrected chi connectivity index (χ3v) is 3.65. The van der Waals surface area contributed by atoms with Gasteiger partial charge in [-0.2, -0.15) is 0 Å². The van der Waals surface area contributed by atoms with Crippen LogP contribution in [0, 0.1) is 6.07 Å². The van der Waals surface area contributed by atoms with Gasteiger partial charge in [0, 0.05) is 16.8 Å². The summed E-state index contributed by atoms with van der Waals surface area (Å²) in [6, 6.07) is 20.9. The highest BCUT2D eigenvalue weighted by molar-refractivity contribution is 6.30. The maximum absolute atomic E-state index is 6.09. The van der Waals surface area contributed by atoms with E-state index in [4.69, 9.17) is 16.3 Å². The third kappa shape index (κ3) is 3.29. The Morgan fingerprint density at radius 1 is 1.14 bits per heavy atom. The summed E-state index contributed by atoms with van der Waals surface area (Å²) < 4.78 is 5.38. The monoisotopic (exact) mass is 308 g/mol. The van der Waals surface area contributed by atoms with Gasteiger partial charge in [0.15, 0.2) is 0 Å². The molecular weight excluding hydrogens is 294 g/mol. The van der Waals surface area contributed by atoms with E-state index in [0.29, 0.717) is 10.9 Å². The second-order valence-corrected chi connectivity index (χ2v) is 5.44. The van der Waals surface area contributed by atoms with Gasteiger partial charge in [-0.1, -0.05) is 48.0 Å². The zero-order valence-electron chi connectivity index (χ0n) is 12.2. The van der Waals surface area contributed by atoms with Gasteiger partial charge in [-0.25, -0.2) is 4.98 Å². The molecule has 109 valence electrons. The Morgan fingerprint density at radius 3 is 2.77 bits per heavy atom. The Morgan fingerprint density at radius 2 is 2.05 bits per heavy atom. The number of ether oxygens (including phenoxy) is 1. The zero-order chi connectivity index (χ0) is 15.4. The van der Waals surface area contributed by atoms with Gasteiger partial charge < -0.3 is 4.74 Å². The Hall–Kier alpha value is -2.32. The summed E-state index contributed by atoms with van der Waals surface area (Å²) in [4.78, 5) is 4.42. The fourth-order valence-electron chi connectivity index (χ4n) is 2.39. The van der Waals surface area contributed by atoms with E-state index in [1.54, 1.807) is 7.11 Å². The van der Waals surface area contributed by atoms with Crippen LogP contribution in [0.25, 0.3) is 11.1 Å². The minimum absolute atomic E-state index is 0.602. The Kier molecular flexibility index (Phi) is 4.40. The SMILES string of the molecule is COc1ncc(Cc2c[c]ccc2)cc1-c1cccc(Cl)c1. The van der Waals surface area contributed by atoms with Gasteiger partial charge in [-0.05, 0) is 47.4 Å². The van der Waals surface area contributed by atoms with Crippen LogP contribution in [0.3, 0.4) is 0 Å². The van der Waals surface area contributed by atoms with Gasteiger partial charge in [0.2, 0.25) is 5.88 Å². The van der Waals surface area contributed by atoms with Gasteiger partial charge in [-0.3, -0.25) is 0 Å². The van der Waals surface area contributed by atoms with E-state index in [1.807, 2.05) is 48.7 Å². The van der Waals surface area contributed by atoms with Crippen molar-refractivity contribution in [1.29, 1.82) is 0 Å². The molecule has 0 aliphatic heterocycles. The van der Waals surface area contributed by atoms with Crippen molar-refractivity contribution in [3.63, 3.8) is 0 Å². The van der Waals surface area contributed by atoms with E-state index in [1.165, 1.54) is 5.56 Å². The normalized spacial score (nSPS) is 10.5. The first-order valence-corrected chi connectivity index (χ1v) is 7.38. The van der Waals surface area contributed by atoms with Crippen LogP contribution in [0.5, 0.6) is 5.88 Å². The van der Waals surface area contributed by atoms with Crippen LogP contribution in [0.1, 0.15) is 11.1 Å². The average molecular weight is 309 g/mol. The van der Waals surface area contributed by atoms with E-state index >= 15 is 0 Å². The molecule has 0 bridgehead atoms. The Bertz CT molecular complexity index is 771. The van der Waals surface area contributed by atoms with Gasteiger partial charge in [0.1, 0.15) is 0 Å². The fourth-order valence-corrected chi connectivity index (χ4v) is 2.58. The quantitative estimate of drug-likeness (QED) is 0.690. The van der Waals surface area contributed by atoms with Crippen molar-refractivity contribution in [3.8, 4) is 17.0 Å². The molecule has 1 radical (unpaired) electrons. The summed E-state index contributed by atoms with van der Waals surface area (Å²) in [5.74, 6) is 0.602. The average Bonchev–Trinajstić information content (AvgIpc) is 2.56. The number of rotatable bonds is 4. The van der Waals surface area contributed by atoms with E-state index in [2.05, 4.69) is 23.2 Å². The number of halogens is 1. The van der Waals surface area contributed by atoms with E-state index in [9.17, 15) is 0 Å². The van der Waals surface area contributed by atoms with Gasteiger partial charge in [0.25, 0.3) is 0 Å². The molecule has 0 fully saturated rings. The van der Waals surface area contributed by atoms with Crippen LogP contribution in [-0.4, -0.2) is 12.1 Å². The summed E-state index contributed by atoms with van der Waals surface area (Å²) in [6.07, 6.45) is 2.65. The highest BCUT2D eigenvalue weighted by atomic mass is 35.5. The van der Waals surface area contributed by atoms with Crippen LogP contribution < -0.4 is 4.74 Å². The zero-order valence-corrected chi connectivity index (χ0v) is 13.0. The standard InChI is InChI=1S/C19H15ClNO/c1-22-19-18(16-8-5-9-17(20)12-16)11-15(13-21-19)10-14-6-3-2-4-7-14/h2-3,5-9,11-13H,10H2,1H3. The van der Waals surface area contributed by atoms with Crippen LogP contribution in [0.2, 0.25) is 5.02 Å². The summed E-state index contributed by atoms with van der Waals surface area (Å²) in [5, 5.41) is 0.697. The molecule has 0 amide bonds. The minimum Gasteiger partial charge on any atom is -0.481 e. The van der Waals surface area contributed by atoms with Crippen molar-refractivity contribution in [2.24, 2.45) is 0 Å². The molecule has 3 heteroatoms. The number of hydrogen-bond acceptors (Lipinski definition) is 2. The smallest absolute Gasteiger partial charge is 0.221 e. The van der Waals surface area contributed by atoms with Crippen molar-refractivity contribution >= 4 is 11.6 Å². The molecule has 0 spiro atoms. The molecular formula is C19H15ClNO. The molecule has 3 rings (SSSR count). The number of hydrogen-bond donors (Lipinski definition) is 0. The lowest BCUT2D eigenvalue weighted by atomic mass is 10.0. The lowest BCUT2D eigenvalue weighted by Gasteiger charge is -2.10. The van der Waals surface area contributed by atoms with Gasteiger partial charge in [-0.15, -0.1) is 0 Å². The second-order valence-electron chi connectivity index (χ2n) is 5.00. The molecule has 2 nitrogen and oxygen atoms in total. The van der Waals surface area contributed by atoms with Crippen LogP contribution >= 0.6 is 11.6 Å². The second kappa shape index (κ2) is 6.63. The topological polar surface area (TPSA) is 22.1 Å². The first-order chi connectivity index (χ1) is 10.8. The predicted octanol–water partition coefficient (Wildman–Crippen LogP) is 4.80. The molecule has 0 aliphatic carbocycles. The summed E-state index contributed by atoms with van der Waals surface area (Å²) >= 11 is 6.09. The molecule has 0 atom stereocenters. The molecule has 0 unspecified atom stereocenters. The van der Waals surface area contributed by atoms with Gasteiger partial charge >= 0.3 is 0 Å². The largest absolute Gasteiger partial charge is 0.481 e. The van der Waals surface area contributed by atoms with E-state index in [0.717, 1.165) is 23.1 Å². The molecule has 2 aromatic carbocycles. The fraction of sp³-hybridized carbons (Fsp3) is 0.105. The molecule has 22 heavy (non-hydrogen) atoms. The maximum Gasteiger partial charge on any atom is 0.221 e. The van der Waals surface area contributed by atoms with Crippen molar-refractivity contribution in [2.75, 3.05) is 7.11 Å². The van der Waals surface area contributed by atoms with E-state index in [-0.39, 0.29) is 0 Å². The highest BCUT2D eigenvalue weighted by Crippen LogP contribution is 2.31. The lowest BCUT2D eigenvalue weighted by molar-refractivity contribution is 0.399. The molecule has 3 aromatic rings. The molecule has 0 saturated carbocycles. The lowest BCUT2D eigenvalue weighted by Crippen LogP contribution is -1.96. The summed E-state index contributed by atoms with van der Waals surface area (Å²) in [7, 11) is 1.63. The van der Waals surface area contributed by atoms with E-state index < -0.39 is 0 Å². The Labute approximate surface area is 135 Å². The summed E-state index contributed by atoms with van der Waals surface area (Å²) in [6.45, 7) is 0. The first-order valence-electron chi connectivity index (χ1n) is 7.00. The molecule has 1 heterocycles. The highest BCUT2D eigenvalue weighted by Gasteiger charge is 2.09. The number of aromatic nitrogens is 1. The number of benzene rings is 2. The Balaban J connectivity index is 1.99. The predicted molar refractivity (Wildman–Crippen MR) is 89.3 cm³/mol. The first kappa shape index (κ1) is 14.6. The number of pyridine rings is 1. The number of nitrogens with zero attached hydrogens (tertiary/aromatic N) is 1. The maximum atomic E-state index is 6.09.